The number of fused-ring (bicyclic) bond motifs is 1. The third-order valence-electron chi connectivity index (χ3n) is 5.24. The van der Waals surface area contributed by atoms with Crippen molar-refractivity contribution in [2.45, 2.75) is 33.4 Å². The fourth-order valence-corrected chi connectivity index (χ4v) is 3.58. The molecule has 3 aromatic carbocycles. The molecule has 1 aromatic heterocycles. The van der Waals surface area contributed by atoms with Crippen molar-refractivity contribution in [3.63, 3.8) is 0 Å². The maximum Gasteiger partial charge on any atom is 0.338 e. The number of ether oxygens (including phenoxy) is 2. The second-order valence-corrected chi connectivity index (χ2v) is 7.45. The topological polar surface area (TPSA) is 53.3 Å². The van der Waals surface area contributed by atoms with Gasteiger partial charge in [0.1, 0.15) is 24.0 Å². The van der Waals surface area contributed by atoms with Gasteiger partial charge in [0, 0.05) is 13.0 Å². The van der Waals surface area contributed by atoms with Gasteiger partial charge in [-0.1, -0.05) is 31.2 Å². The molecule has 4 aromatic rings. The summed E-state index contributed by atoms with van der Waals surface area (Å²) in [7, 11) is 0. The predicted octanol–water partition coefficient (Wildman–Crippen LogP) is 5.54. The van der Waals surface area contributed by atoms with Crippen LogP contribution in [0, 0.1) is 5.82 Å². The summed E-state index contributed by atoms with van der Waals surface area (Å²) in [6.07, 6.45) is 0.780. The Morgan fingerprint density at radius 1 is 0.969 bits per heavy atom. The zero-order valence-electron chi connectivity index (χ0n) is 18.2. The number of esters is 1. The Kier molecular flexibility index (Phi) is 6.50. The molecular weight excluding hydrogens is 407 g/mol. The molecular formula is C26H25FN2O3. The normalized spacial score (nSPS) is 11.0. The lowest BCUT2D eigenvalue weighted by atomic mass is 10.2. The van der Waals surface area contributed by atoms with Crippen molar-refractivity contribution in [3.8, 4) is 5.75 Å². The smallest absolute Gasteiger partial charge is 0.338 e. The summed E-state index contributed by atoms with van der Waals surface area (Å²) in [6.45, 7) is 5.21. The molecule has 0 saturated carbocycles. The first kappa shape index (κ1) is 21.6. The van der Waals surface area contributed by atoms with Crippen molar-refractivity contribution < 1.29 is 18.7 Å². The molecule has 1 heterocycles. The van der Waals surface area contributed by atoms with E-state index in [0.29, 0.717) is 25.3 Å². The first-order chi connectivity index (χ1) is 15.6. The van der Waals surface area contributed by atoms with E-state index in [1.54, 1.807) is 25.1 Å². The third-order valence-corrected chi connectivity index (χ3v) is 5.24. The molecule has 32 heavy (non-hydrogen) atoms. The van der Waals surface area contributed by atoms with Crippen LogP contribution in [0.2, 0.25) is 0 Å². The van der Waals surface area contributed by atoms with Crippen LogP contribution < -0.4 is 4.74 Å². The molecule has 0 N–H and O–H groups in total. The summed E-state index contributed by atoms with van der Waals surface area (Å²) in [5.41, 5.74) is 4.28. The average molecular weight is 432 g/mol. The van der Waals surface area contributed by atoms with E-state index in [-0.39, 0.29) is 11.8 Å². The van der Waals surface area contributed by atoms with Crippen LogP contribution >= 0.6 is 0 Å². The van der Waals surface area contributed by atoms with Crippen molar-refractivity contribution in [1.82, 2.24) is 9.55 Å². The molecule has 0 spiro atoms. The second-order valence-electron chi connectivity index (χ2n) is 7.45. The van der Waals surface area contributed by atoms with E-state index in [1.165, 1.54) is 12.1 Å². The van der Waals surface area contributed by atoms with E-state index in [0.717, 1.165) is 40.2 Å². The first-order valence-electron chi connectivity index (χ1n) is 10.7. The molecule has 0 bridgehead atoms. The number of aryl methyl sites for hydroxylation is 1. The largest absolute Gasteiger partial charge is 0.489 e. The van der Waals surface area contributed by atoms with Crippen LogP contribution in [0.4, 0.5) is 4.39 Å². The van der Waals surface area contributed by atoms with Crippen LogP contribution in [0.5, 0.6) is 5.75 Å². The molecule has 0 amide bonds. The summed E-state index contributed by atoms with van der Waals surface area (Å²) < 4.78 is 26.1. The number of imidazole rings is 1. The Bertz CT molecular complexity index is 1210. The lowest BCUT2D eigenvalue weighted by Crippen LogP contribution is -2.07. The number of carbonyl (C=O) groups is 1. The Morgan fingerprint density at radius 2 is 1.69 bits per heavy atom. The van der Waals surface area contributed by atoms with E-state index in [1.807, 2.05) is 36.4 Å². The number of nitrogens with zero attached hydrogens (tertiary/aromatic N) is 2. The first-order valence-corrected chi connectivity index (χ1v) is 10.7. The van der Waals surface area contributed by atoms with Crippen LogP contribution in [-0.2, 0) is 24.3 Å². The van der Waals surface area contributed by atoms with Gasteiger partial charge < -0.3 is 14.0 Å². The van der Waals surface area contributed by atoms with E-state index in [4.69, 9.17) is 14.5 Å². The van der Waals surface area contributed by atoms with Gasteiger partial charge >= 0.3 is 5.97 Å². The molecule has 164 valence electrons. The minimum absolute atomic E-state index is 0.258. The standard InChI is InChI=1S/C26H25FN2O3/c1-3-25-28-23-14-9-20(26(30)31-4-2)15-24(23)29(25)16-18-7-12-22(13-8-18)32-17-19-5-10-21(27)11-6-19/h5-15H,3-4,16-17H2,1-2H3. The van der Waals surface area contributed by atoms with Crippen molar-refractivity contribution in [1.29, 1.82) is 0 Å². The van der Waals surface area contributed by atoms with Crippen LogP contribution in [0.15, 0.2) is 66.7 Å². The predicted molar refractivity (Wildman–Crippen MR) is 121 cm³/mol. The second kappa shape index (κ2) is 9.64. The van der Waals surface area contributed by atoms with E-state index < -0.39 is 0 Å². The van der Waals surface area contributed by atoms with Crippen LogP contribution in [0.1, 0.15) is 41.2 Å². The number of benzene rings is 3. The van der Waals surface area contributed by atoms with Crippen LogP contribution in [0.25, 0.3) is 11.0 Å². The lowest BCUT2D eigenvalue weighted by molar-refractivity contribution is 0.0526. The SMILES string of the molecule is CCOC(=O)c1ccc2nc(CC)n(Cc3ccc(OCc4ccc(F)cc4)cc3)c2c1. The molecule has 6 heteroatoms. The minimum atomic E-state index is -0.331. The molecule has 4 rings (SSSR count). The summed E-state index contributed by atoms with van der Waals surface area (Å²) in [4.78, 5) is 16.9. The highest BCUT2D eigenvalue weighted by Gasteiger charge is 2.14. The Hall–Kier alpha value is -3.67. The highest BCUT2D eigenvalue weighted by atomic mass is 19.1. The van der Waals surface area contributed by atoms with E-state index in [9.17, 15) is 9.18 Å². The van der Waals surface area contributed by atoms with Gasteiger partial charge in [0.25, 0.3) is 0 Å². The summed E-state index contributed by atoms with van der Waals surface area (Å²) in [6, 6.07) is 19.6. The maximum absolute atomic E-state index is 13.0. The highest BCUT2D eigenvalue weighted by molar-refractivity contribution is 5.93. The fraction of sp³-hybridized carbons (Fsp3) is 0.231. The van der Waals surface area contributed by atoms with Gasteiger partial charge in [0.05, 0.1) is 23.2 Å². The van der Waals surface area contributed by atoms with Gasteiger partial charge in [-0.15, -0.1) is 0 Å². The fourth-order valence-electron chi connectivity index (χ4n) is 3.58. The molecule has 0 saturated heterocycles. The van der Waals surface area contributed by atoms with Gasteiger partial charge in [0.15, 0.2) is 0 Å². The number of hydrogen-bond acceptors (Lipinski definition) is 4. The number of carbonyl (C=O) groups excluding carboxylic acids is 1. The highest BCUT2D eigenvalue weighted by Crippen LogP contribution is 2.22. The van der Waals surface area contributed by atoms with Gasteiger partial charge in [-0.25, -0.2) is 14.2 Å². The Morgan fingerprint density at radius 3 is 2.38 bits per heavy atom. The summed E-state index contributed by atoms with van der Waals surface area (Å²) in [5, 5.41) is 0. The van der Waals surface area contributed by atoms with Crippen molar-refractivity contribution >= 4 is 17.0 Å². The molecule has 0 radical (unpaired) electrons. The molecule has 0 unspecified atom stereocenters. The van der Waals surface area contributed by atoms with E-state index in [2.05, 4.69) is 11.5 Å². The molecule has 0 aliphatic carbocycles. The Labute approximate surface area is 186 Å². The van der Waals surface area contributed by atoms with Gasteiger partial charge in [0.2, 0.25) is 0 Å². The zero-order valence-corrected chi connectivity index (χ0v) is 18.2. The van der Waals surface area contributed by atoms with E-state index >= 15 is 0 Å². The van der Waals surface area contributed by atoms with Gasteiger partial charge in [-0.05, 0) is 60.5 Å². The van der Waals surface area contributed by atoms with Crippen molar-refractivity contribution in [3.05, 3.63) is 95.1 Å². The van der Waals surface area contributed by atoms with Crippen LogP contribution in [-0.4, -0.2) is 22.1 Å². The van der Waals surface area contributed by atoms with Crippen LogP contribution in [0.3, 0.4) is 0 Å². The molecule has 0 aliphatic rings. The molecule has 0 aliphatic heterocycles. The molecule has 0 atom stereocenters. The van der Waals surface area contributed by atoms with Gasteiger partial charge in [-0.3, -0.25) is 0 Å². The summed E-state index contributed by atoms with van der Waals surface area (Å²) >= 11 is 0. The van der Waals surface area contributed by atoms with Crippen molar-refractivity contribution in [2.75, 3.05) is 6.61 Å². The third kappa shape index (κ3) is 4.80. The molecule has 5 nitrogen and oxygen atoms in total. The monoisotopic (exact) mass is 432 g/mol. The molecule has 0 fully saturated rings. The maximum atomic E-state index is 13.0. The minimum Gasteiger partial charge on any atom is -0.489 e. The average Bonchev–Trinajstić information content (AvgIpc) is 3.16. The lowest BCUT2D eigenvalue weighted by Gasteiger charge is -2.11. The number of rotatable bonds is 8. The zero-order chi connectivity index (χ0) is 22.5. The van der Waals surface area contributed by atoms with Gasteiger partial charge in [-0.2, -0.15) is 0 Å². The summed E-state index contributed by atoms with van der Waals surface area (Å²) in [5.74, 6) is 1.11. The quantitative estimate of drug-likeness (QED) is 0.343. The number of halogens is 1. The Balaban J connectivity index is 1.52. The number of hydrogen-bond donors (Lipinski definition) is 0. The van der Waals surface area contributed by atoms with Crippen molar-refractivity contribution in [2.24, 2.45) is 0 Å². The number of aromatic nitrogens is 2.